The zero-order chi connectivity index (χ0) is 17.3. The lowest BCUT2D eigenvalue weighted by Gasteiger charge is -2.23. The minimum atomic E-state index is -6.06. The number of hydrogen-bond acceptors (Lipinski definition) is 4. The summed E-state index contributed by atoms with van der Waals surface area (Å²) in [5.41, 5.74) is 0. The first kappa shape index (κ1) is 17.2. The van der Waals surface area contributed by atoms with E-state index in [9.17, 15) is 31.5 Å². The molecule has 9 heteroatoms. The topological polar surface area (TPSA) is 52.6 Å². The third-order valence-corrected chi connectivity index (χ3v) is 3.29. The van der Waals surface area contributed by atoms with Gasteiger partial charge in [-0.25, -0.2) is 4.79 Å². The van der Waals surface area contributed by atoms with Gasteiger partial charge in [-0.3, -0.25) is 4.79 Å². The van der Waals surface area contributed by atoms with Crippen LogP contribution in [0.1, 0.15) is 19.3 Å². The summed E-state index contributed by atoms with van der Waals surface area (Å²) in [7, 11) is 0. The molecule has 0 aromatic heterocycles. The van der Waals surface area contributed by atoms with Crippen molar-refractivity contribution < 1.29 is 41.0 Å². The first-order chi connectivity index (χ1) is 10.6. The number of esters is 2. The summed E-state index contributed by atoms with van der Waals surface area (Å²) in [6.07, 6.45) is -3.82. The minimum Gasteiger partial charge on any atom is -0.426 e. The molecule has 0 amide bonds. The molecule has 1 aliphatic carbocycles. The Hall–Kier alpha value is -2.19. The monoisotopic (exact) mass is 338 g/mol. The maximum absolute atomic E-state index is 12.8. The van der Waals surface area contributed by atoms with Gasteiger partial charge in [-0.2, -0.15) is 22.0 Å². The Morgan fingerprint density at radius 3 is 2.04 bits per heavy atom. The SMILES string of the molecule is O=C(Oc1cccc(OC(=O)C(F)(F)C(F)(F)F)c1)C1CCC1. The van der Waals surface area contributed by atoms with E-state index in [-0.39, 0.29) is 11.7 Å². The number of ether oxygens (including phenoxy) is 2. The molecule has 23 heavy (non-hydrogen) atoms. The highest BCUT2D eigenvalue weighted by molar-refractivity contribution is 5.81. The van der Waals surface area contributed by atoms with Crippen LogP contribution in [-0.4, -0.2) is 24.0 Å². The molecule has 1 fully saturated rings. The highest BCUT2D eigenvalue weighted by Crippen LogP contribution is 2.37. The fourth-order valence-electron chi connectivity index (χ4n) is 1.73. The summed E-state index contributed by atoms with van der Waals surface area (Å²) in [6.45, 7) is 0. The van der Waals surface area contributed by atoms with Gasteiger partial charge in [0.05, 0.1) is 5.92 Å². The predicted octanol–water partition coefficient (Wildman–Crippen LogP) is 3.50. The third-order valence-electron chi connectivity index (χ3n) is 3.29. The maximum Gasteiger partial charge on any atom is 0.465 e. The van der Waals surface area contributed by atoms with E-state index in [1.54, 1.807) is 0 Å². The van der Waals surface area contributed by atoms with Crippen LogP contribution in [0.25, 0.3) is 0 Å². The van der Waals surface area contributed by atoms with Crippen molar-refractivity contribution in [2.75, 3.05) is 0 Å². The highest BCUT2D eigenvalue weighted by atomic mass is 19.4. The van der Waals surface area contributed by atoms with Crippen LogP contribution in [-0.2, 0) is 9.59 Å². The van der Waals surface area contributed by atoms with Crippen LogP contribution in [0.15, 0.2) is 24.3 Å². The number of alkyl halides is 5. The number of halogens is 5. The van der Waals surface area contributed by atoms with Crippen LogP contribution in [0, 0.1) is 5.92 Å². The van der Waals surface area contributed by atoms with Gasteiger partial charge in [-0.1, -0.05) is 12.5 Å². The fourth-order valence-corrected chi connectivity index (χ4v) is 1.73. The van der Waals surface area contributed by atoms with Gasteiger partial charge in [0.2, 0.25) is 0 Å². The number of hydrogen-bond donors (Lipinski definition) is 0. The Labute approximate surface area is 127 Å². The molecule has 2 rings (SSSR count). The minimum absolute atomic E-state index is 0.109. The quantitative estimate of drug-likeness (QED) is 0.479. The van der Waals surface area contributed by atoms with Crippen molar-refractivity contribution in [3.8, 4) is 11.5 Å². The average molecular weight is 338 g/mol. The number of carbonyl (C=O) groups excluding carboxylic acids is 2. The van der Waals surface area contributed by atoms with Gasteiger partial charge in [0.25, 0.3) is 0 Å². The molecule has 1 aromatic rings. The van der Waals surface area contributed by atoms with E-state index in [0.717, 1.165) is 18.6 Å². The zero-order valence-corrected chi connectivity index (χ0v) is 11.5. The summed E-state index contributed by atoms with van der Waals surface area (Å²) in [5.74, 6) is -9.87. The van der Waals surface area contributed by atoms with E-state index in [2.05, 4.69) is 4.74 Å². The molecule has 0 unspecified atom stereocenters. The van der Waals surface area contributed by atoms with Gasteiger partial charge in [0, 0.05) is 6.07 Å². The van der Waals surface area contributed by atoms with Gasteiger partial charge in [-0.05, 0) is 25.0 Å². The van der Waals surface area contributed by atoms with Crippen molar-refractivity contribution >= 4 is 11.9 Å². The van der Waals surface area contributed by atoms with E-state index in [1.807, 2.05) is 0 Å². The summed E-state index contributed by atoms with van der Waals surface area (Å²) < 4.78 is 70.7. The molecule has 0 saturated heterocycles. The molecule has 0 aliphatic heterocycles. The summed E-state index contributed by atoms with van der Waals surface area (Å²) in [6, 6.07) is 4.36. The largest absolute Gasteiger partial charge is 0.465 e. The molecule has 1 aromatic carbocycles. The van der Waals surface area contributed by atoms with Crippen molar-refractivity contribution in [2.45, 2.75) is 31.4 Å². The van der Waals surface area contributed by atoms with Crippen LogP contribution >= 0.6 is 0 Å². The Kier molecular flexibility index (Phi) is 4.58. The first-order valence-electron chi connectivity index (χ1n) is 6.60. The van der Waals surface area contributed by atoms with E-state index in [4.69, 9.17) is 4.74 Å². The maximum atomic E-state index is 12.8. The van der Waals surface area contributed by atoms with Gasteiger partial charge in [0.1, 0.15) is 11.5 Å². The number of carbonyl (C=O) groups is 2. The molecular formula is C14H11F5O4. The lowest BCUT2D eigenvalue weighted by molar-refractivity contribution is -0.276. The normalized spacial score (nSPS) is 15.7. The highest BCUT2D eigenvalue weighted by Gasteiger charge is 2.65. The lowest BCUT2D eigenvalue weighted by Crippen LogP contribution is -2.46. The van der Waals surface area contributed by atoms with Crippen LogP contribution in [0.4, 0.5) is 22.0 Å². The molecule has 1 saturated carbocycles. The van der Waals surface area contributed by atoms with E-state index < -0.39 is 29.8 Å². The van der Waals surface area contributed by atoms with Crippen molar-refractivity contribution in [2.24, 2.45) is 5.92 Å². The zero-order valence-electron chi connectivity index (χ0n) is 11.5. The van der Waals surface area contributed by atoms with E-state index in [1.165, 1.54) is 12.1 Å². The molecule has 0 spiro atoms. The second-order valence-corrected chi connectivity index (χ2v) is 4.99. The molecule has 1 aliphatic rings. The van der Waals surface area contributed by atoms with Crippen LogP contribution in [0.3, 0.4) is 0 Å². The van der Waals surface area contributed by atoms with Crippen LogP contribution in [0.5, 0.6) is 11.5 Å². The molecule has 0 N–H and O–H groups in total. The molecule has 0 bridgehead atoms. The van der Waals surface area contributed by atoms with E-state index in [0.29, 0.717) is 12.8 Å². The Bertz CT molecular complexity index is 607. The van der Waals surface area contributed by atoms with Gasteiger partial charge in [-0.15, -0.1) is 0 Å². The molecule has 4 nitrogen and oxygen atoms in total. The second-order valence-electron chi connectivity index (χ2n) is 4.99. The Balaban J connectivity index is 2.05. The van der Waals surface area contributed by atoms with Crippen molar-refractivity contribution in [3.05, 3.63) is 24.3 Å². The second kappa shape index (κ2) is 6.13. The summed E-state index contributed by atoms with van der Waals surface area (Å²) >= 11 is 0. The molecular weight excluding hydrogens is 327 g/mol. The molecule has 0 heterocycles. The van der Waals surface area contributed by atoms with E-state index >= 15 is 0 Å². The predicted molar refractivity (Wildman–Crippen MR) is 66.1 cm³/mol. The first-order valence-corrected chi connectivity index (χ1v) is 6.60. The Morgan fingerprint density at radius 2 is 1.57 bits per heavy atom. The summed E-state index contributed by atoms with van der Waals surface area (Å²) in [4.78, 5) is 22.6. The standard InChI is InChI=1S/C14H11F5O4/c15-13(16,14(17,18)19)12(21)23-10-6-2-5-9(7-10)22-11(20)8-3-1-4-8/h2,5-8H,1,3-4H2. The van der Waals surface area contributed by atoms with Crippen molar-refractivity contribution in [3.63, 3.8) is 0 Å². The lowest BCUT2D eigenvalue weighted by atomic mass is 9.86. The van der Waals surface area contributed by atoms with Crippen molar-refractivity contribution in [1.29, 1.82) is 0 Å². The summed E-state index contributed by atoms with van der Waals surface area (Å²) in [5, 5.41) is 0. The molecule has 0 atom stereocenters. The fraction of sp³-hybridized carbons (Fsp3) is 0.429. The number of rotatable bonds is 4. The van der Waals surface area contributed by atoms with Crippen molar-refractivity contribution in [1.82, 2.24) is 0 Å². The van der Waals surface area contributed by atoms with Gasteiger partial charge >= 0.3 is 24.0 Å². The average Bonchev–Trinajstić information content (AvgIpc) is 2.35. The smallest absolute Gasteiger partial charge is 0.426 e. The van der Waals surface area contributed by atoms with Crippen LogP contribution in [0.2, 0.25) is 0 Å². The molecule has 0 radical (unpaired) electrons. The third kappa shape index (κ3) is 3.77. The number of benzene rings is 1. The van der Waals surface area contributed by atoms with Gasteiger partial charge < -0.3 is 9.47 Å². The van der Waals surface area contributed by atoms with Crippen LogP contribution < -0.4 is 9.47 Å². The Morgan fingerprint density at radius 1 is 1.00 bits per heavy atom. The molecule has 126 valence electrons. The van der Waals surface area contributed by atoms with Gasteiger partial charge in [0.15, 0.2) is 0 Å².